The van der Waals surface area contributed by atoms with Gasteiger partial charge in [-0.15, -0.1) is 6.58 Å². The maximum Gasteiger partial charge on any atom is 0.265 e. The highest BCUT2D eigenvalue weighted by atomic mass is 32.1. The second-order valence-electron chi connectivity index (χ2n) is 4.08. The van der Waals surface area contributed by atoms with Gasteiger partial charge in [0.05, 0.1) is 0 Å². The quantitative estimate of drug-likeness (QED) is 0.379. The van der Waals surface area contributed by atoms with Gasteiger partial charge in [0.25, 0.3) is 11.8 Å². The summed E-state index contributed by atoms with van der Waals surface area (Å²) < 4.78 is 0. The number of thiocarbonyl (C=S) groups is 1. The van der Waals surface area contributed by atoms with Gasteiger partial charge in [-0.25, -0.2) is 0 Å². The molecule has 0 bridgehead atoms. The van der Waals surface area contributed by atoms with Crippen molar-refractivity contribution in [2.24, 2.45) is 0 Å². The predicted molar refractivity (Wildman–Crippen MR) is 78.7 cm³/mol. The Morgan fingerprint density at radius 3 is 2.70 bits per heavy atom. The summed E-state index contributed by atoms with van der Waals surface area (Å²) in [6.07, 6.45) is 2.85. The van der Waals surface area contributed by atoms with Gasteiger partial charge in [-0.2, -0.15) is 0 Å². The number of nitrogens with zero attached hydrogens (tertiary/aromatic N) is 1. The Kier molecular flexibility index (Phi) is 3.95. The second kappa shape index (κ2) is 5.66. The zero-order valence-electron chi connectivity index (χ0n) is 10.5. The minimum atomic E-state index is -0.580. The number of para-hydroxylation sites is 1. The van der Waals surface area contributed by atoms with Crippen LogP contribution < -0.4 is 5.32 Å². The highest BCUT2D eigenvalue weighted by Gasteiger charge is 2.32. The van der Waals surface area contributed by atoms with E-state index in [1.165, 1.54) is 23.1 Å². The van der Waals surface area contributed by atoms with Gasteiger partial charge in [-0.1, -0.05) is 24.3 Å². The highest BCUT2D eigenvalue weighted by molar-refractivity contribution is 7.80. The largest absolute Gasteiger partial charge is 0.507 e. The molecule has 5 nitrogen and oxygen atoms in total. The van der Waals surface area contributed by atoms with Crippen LogP contribution >= 0.6 is 12.2 Å². The molecule has 1 fully saturated rings. The standard InChI is InChI=1S/C14H12N2O3S/c1-2-7-16-13(19)10(12(18)15-14(16)20)8-9-5-3-4-6-11(9)17/h2-6,8,17H,1,7H2,(H,15,18,20)/b10-8+. The molecule has 102 valence electrons. The average molecular weight is 288 g/mol. The van der Waals surface area contributed by atoms with Gasteiger partial charge in [0.15, 0.2) is 5.11 Å². The molecule has 1 aromatic rings. The number of aromatic hydroxyl groups is 1. The van der Waals surface area contributed by atoms with Crippen molar-refractivity contribution in [1.82, 2.24) is 10.2 Å². The Balaban J connectivity index is 2.42. The van der Waals surface area contributed by atoms with Crippen molar-refractivity contribution >= 4 is 35.2 Å². The van der Waals surface area contributed by atoms with Crippen molar-refractivity contribution < 1.29 is 14.7 Å². The van der Waals surface area contributed by atoms with E-state index in [2.05, 4.69) is 11.9 Å². The van der Waals surface area contributed by atoms with Gasteiger partial charge in [-0.05, 0) is 24.4 Å². The summed E-state index contributed by atoms with van der Waals surface area (Å²) in [6.45, 7) is 3.74. The normalized spacial score (nSPS) is 17.3. The molecule has 1 heterocycles. The van der Waals surface area contributed by atoms with E-state index in [0.29, 0.717) is 5.56 Å². The number of amides is 2. The SMILES string of the molecule is C=CCN1C(=O)/C(=C/c2ccccc2O)C(=O)NC1=S. The summed E-state index contributed by atoms with van der Waals surface area (Å²) in [5.41, 5.74) is 0.305. The number of phenolic OH excluding ortho intramolecular Hbond substituents is 1. The molecule has 0 aliphatic carbocycles. The molecule has 1 aliphatic heterocycles. The van der Waals surface area contributed by atoms with Crippen LogP contribution in [0.4, 0.5) is 0 Å². The first kappa shape index (κ1) is 14.0. The van der Waals surface area contributed by atoms with E-state index < -0.39 is 11.8 Å². The van der Waals surface area contributed by atoms with Crippen LogP contribution in [-0.4, -0.2) is 33.5 Å². The topological polar surface area (TPSA) is 69.6 Å². The minimum absolute atomic E-state index is 0.0102. The molecule has 0 radical (unpaired) electrons. The van der Waals surface area contributed by atoms with Crippen LogP contribution in [0.25, 0.3) is 6.08 Å². The van der Waals surface area contributed by atoms with Crippen molar-refractivity contribution in [2.45, 2.75) is 0 Å². The lowest BCUT2D eigenvalue weighted by atomic mass is 10.1. The number of benzene rings is 1. The molecule has 1 aliphatic rings. The molecule has 0 saturated carbocycles. The highest BCUT2D eigenvalue weighted by Crippen LogP contribution is 2.21. The van der Waals surface area contributed by atoms with Crippen LogP contribution in [0.1, 0.15) is 5.56 Å². The third-order valence-corrected chi connectivity index (χ3v) is 3.06. The maximum absolute atomic E-state index is 12.2. The lowest BCUT2D eigenvalue weighted by Gasteiger charge is -2.27. The first-order chi connectivity index (χ1) is 9.54. The smallest absolute Gasteiger partial charge is 0.265 e. The molecule has 2 amide bonds. The average Bonchev–Trinajstić information content (AvgIpc) is 2.41. The van der Waals surface area contributed by atoms with Gasteiger partial charge in [0.1, 0.15) is 11.3 Å². The molecular formula is C14H12N2O3S. The van der Waals surface area contributed by atoms with Crippen molar-refractivity contribution in [3.8, 4) is 5.75 Å². The van der Waals surface area contributed by atoms with E-state index in [-0.39, 0.29) is 23.0 Å². The van der Waals surface area contributed by atoms with Crippen LogP contribution in [0.2, 0.25) is 0 Å². The summed E-state index contributed by atoms with van der Waals surface area (Å²) in [4.78, 5) is 25.3. The van der Waals surface area contributed by atoms with Crippen molar-refractivity contribution in [1.29, 1.82) is 0 Å². The molecule has 1 aromatic carbocycles. The fourth-order valence-corrected chi connectivity index (χ4v) is 2.00. The van der Waals surface area contributed by atoms with Crippen LogP contribution in [0, 0.1) is 0 Å². The molecule has 0 atom stereocenters. The number of hydrogen-bond acceptors (Lipinski definition) is 4. The van der Waals surface area contributed by atoms with Gasteiger partial charge in [-0.3, -0.25) is 19.8 Å². The van der Waals surface area contributed by atoms with Crippen molar-refractivity contribution in [3.05, 3.63) is 48.1 Å². The molecule has 0 unspecified atom stereocenters. The Morgan fingerprint density at radius 2 is 2.05 bits per heavy atom. The lowest BCUT2D eigenvalue weighted by molar-refractivity contribution is -0.128. The third-order valence-electron chi connectivity index (χ3n) is 2.73. The zero-order valence-corrected chi connectivity index (χ0v) is 11.3. The third kappa shape index (κ3) is 2.60. The first-order valence-corrected chi connectivity index (χ1v) is 6.23. The fraction of sp³-hybridized carbons (Fsp3) is 0.0714. The lowest BCUT2D eigenvalue weighted by Crippen LogP contribution is -2.53. The van der Waals surface area contributed by atoms with E-state index in [1.807, 2.05) is 0 Å². The van der Waals surface area contributed by atoms with Gasteiger partial charge >= 0.3 is 0 Å². The Labute approximate surface area is 121 Å². The number of rotatable bonds is 3. The van der Waals surface area contributed by atoms with E-state index >= 15 is 0 Å². The summed E-state index contributed by atoms with van der Waals surface area (Å²) in [7, 11) is 0. The molecule has 2 N–H and O–H groups in total. The van der Waals surface area contributed by atoms with Crippen molar-refractivity contribution in [3.63, 3.8) is 0 Å². The molecule has 6 heteroatoms. The number of hydrogen-bond donors (Lipinski definition) is 2. The van der Waals surface area contributed by atoms with Gasteiger partial charge in [0, 0.05) is 12.1 Å². The van der Waals surface area contributed by atoms with Gasteiger partial charge in [0.2, 0.25) is 0 Å². The van der Waals surface area contributed by atoms with E-state index in [4.69, 9.17) is 12.2 Å². The molecule has 2 rings (SSSR count). The zero-order chi connectivity index (χ0) is 14.7. The molecule has 0 spiro atoms. The Bertz CT molecular complexity index is 637. The Morgan fingerprint density at radius 1 is 1.35 bits per heavy atom. The molecular weight excluding hydrogens is 276 g/mol. The number of phenols is 1. The summed E-state index contributed by atoms with van der Waals surface area (Å²) in [6, 6.07) is 6.43. The van der Waals surface area contributed by atoms with Gasteiger partial charge < -0.3 is 5.11 Å². The number of nitrogens with one attached hydrogen (secondary N) is 1. The molecule has 0 aromatic heterocycles. The van der Waals surface area contributed by atoms with Crippen LogP contribution in [0.15, 0.2) is 42.5 Å². The fourth-order valence-electron chi connectivity index (χ4n) is 1.75. The monoisotopic (exact) mass is 288 g/mol. The summed E-state index contributed by atoms with van der Waals surface area (Å²) >= 11 is 4.94. The van der Waals surface area contributed by atoms with E-state index in [1.54, 1.807) is 18.2 Å². The number of carbonyl (C=O) groups is 2. The second-order valence-corrected chi connectivity index (χ2v) is 4.47. The Hall–Kier alpha value is -2.47. The van der Waals surface area contributed by atoms with E-state index in [9.17, 15) is 14.7 Å². The first-order valence-electron chi connectivity index (χ1n) is 5.82. The van der Waals surface area contributed by atoms with Crippen LogP contribution in [-0.2, 0) is 9.59 Å². The number of carbonyl (C=O) groups excluding carboxylic acids is 2. The molecule has 1 saturated heterocycles. The van der Waals surface area contributed by atoms with Crippen LogP contribution in [0.5, 0.6) is 5.75 Å². The maximum atomic E-state index is 12.2. The predicted octanol–water partition coefficient (Wildman–Crippen LogP) is 1.20. The van der Waals surface area contributed by atoms with E-state index in [0.717, 1.165) is 0 Å². The minimum Gasteiger partial charge on any atom is -0.507 e. The van der Waals surface area contributed by atoms with Crippen molar-refractivity contribution in [2.75, 3.05) is 6.54 Å². The summed E-state index contributed by atoms with van der Waals surface area (Å²) in [5.74, 6) is -1.10. The van der Waals surface area contributed by atoms with Crippen LogP contribution in [0.3, 0.4) is 0 Å². The molecule has 20 heavy (non-hydrogen) atoms. The summed E-state index contributed by atoms with van der Waals surface area (Å²) in [5, 5.41) is 12.2.